The summed E-state index contributed by atoms with van der Waals surface area (Å²) in [5, 5.41) is 17.3. The van der Waals surface area contributed by atoms with Crippen LogP contribution in [0.25, 0.3) is 16.5 Å². The number of aliphatic hydroxyl groups is 1. The quantitative estimate of drug-likeness (QED) is 0.757. The molecule has 1 unspecified atom stereocenters. The Balaban J connectivity index is 1.75. The van der Waals surface area contributed by atoms with E-state index in [4.69, 9.17) is 16.1 Å². The van der Waals surface area contributed by atoms with Crippen LogP contribution in [0, 0.1) is 5.41 Å². The molecule has 0 saturated heterocycles. The molecule has 4 rings (SSSR count). The average Bonchev–Trinajstić information content (AvgIpc) is 3.12. The molecular formula is C15H17ClN4O2S. The molecule has 3 aromatic rings. The van der Waals surface area contributed by atoms with Gasteiger partial charge in [0.05, 0.1) is 0 Å². The third-order valence-corrected chi connectivity index (χ3v) is 5.49. The summed E-state index contributed by atoms with van der Waals surface area (Å²) < 4.78 is 7.23. The first-order chi connectivity index (χ1) is 10.9. The van der Waals surface area contributed by atoms with Crippen LogP contribution in [-0.2, 0) is 5.60 Å². The maximum Gasteiger partial charge on any atom is 0.258 e. The third kappa shape index (κ3) is 2.47. The first-order valence-corrected chi connectivity index (χ1v) is 8.82. The van der Waals surface area contributed by atoms with Gasteiger partial charge in [0.1, 0.15) is 11.3 Å². The molecule has 0 bridgehead atoms. The van der Waals surface area contributed by atoms with E-state index in [0.717, 1.165) is 17.8 Å². The Morgan fingerprint density at radius 1 is 1.35 bits per heavy atom. The highest BCUT2D eigenvalue weighted by molar-refractivity contribution is 7.15. The molecule has 0 aliphatic heterocycles. The van der Waals surface area contributed by atoms with Crippen molar-refractivity contribution in [1.29, 1.82) is 0 Å². The van der Waals surface area contributed by atoms with Crippen molar-refractivity contribution in [2.75, 3.05) is 0 Å². The molecule has 0 aromatic carbocycles. The minimum absolute atomic E-state index is 0.0521. The van der Waals surface area contributed by atoms with Crippen molar-refractivity contribution >= 4 is 27.9 Å². The van der Waals surface area contributed by atoms with Crippen molar-refractivity contribution < 1.29 is 9.63 Å². The smallest absolute Gasteiger partial charge is 0.258 e. The second-order valence-corrected chi connectivity index (χ2v) is 8.19. The van der Waals surface area contributed by atoms with Crippen LogP contribution in [0.2, 0.25) is 5.15 Å². The van der Waals surface area contributed by atoms with Crippen molar-refractivity contribution in [3.05, 3.63) is 22.6 Å². The fraction of sp³-hybridized carbons (Fsp3) is 0.533. The zero-order valence-electron chi connectivity index (χ0n) is 12.9. The van der Waals surface area contributed by atoms with Gasteiger partial charge in [-0.25, -0.2) is 4.98 Å². The van der Waals surface area contributed by atoms with Crippen LogP contribution in [0.4, 0.5) is 0 Å². The Morgan fingerprint density at radius 2 is 2.17 bits per heavy atom. The SMILES string of the molecule is CC1(C)CCCC(O)(c2nc(-c3c(Cl)nc4sccn34)no2)C1. The summed E-state index contributed by atoms with van der Waals surface area (Å²) >= 11 is 7.69. The fourth-order valence-electron chi connectivity index (χ4n) is 3.48. The summed E-state index contributed by atoms with van der Waals surface area (Å²) in [6.45, 7) is 4.30. The third-order valence-electron chi connectivity index (χ3n) is 4.47. The lowest BCUT2D eigenvalue weighted by Crippen LogP contribution is -2.36. The summed E-state index contributed by atoms with van der Waals surface area (Å²) in [6.07, 6.45) is 5.12. The summed E-state index contributed by atoms with van der Waals surface area (Å²) in [5.74, 6) is 0.620. The number of fused-ring (bicyclic) bond motifs is 1. The molecule has 122 valence electrons. The van der Waals surface area contributed by atoms with Gasteiger partial charge in [-0.3, -0.25) is 4.40 Å². The van der Waals surface area contributed by atoms with E-state index < -0.39 is 5.60 Å². The second kappa shape index (κ2) is 5.03. The van der Waals surface area contributed by atoms with Gasteiger partial charge in [-0.05, 0) is 31.1 Å². The molecule has 1 N–H and O–H groups in total. The van der Waals surface area contributed by atoms with E-state index in [9.17, 15) is 5.11 Å². The average molecular weight is 353 g/mol. The standard InChI is InChI=1S/C15H17ClN4O2S/c1-14(2)4-3-5-15(21,8-14)12-18-11(19-22-12)9-10(16)17-13-20(9)6-7-23-13/h6-7,21H,3-5,8H2,1-2H3. The van der Waals surface area contributed by atoms with Crippen molar-refractivity contribution in [2.24, 2.45) is 5.41 Å². The molecule has 3 aromatic heterocycles. The van der Waals surface area contributed by atoms with E-state index in [-0.39, 0.29) is 11.3 Å². The number of hydrogen-bond donors (Lipinski definition) is 1. The highest BCUT2D eigenvalue weighted by atomic mass is 35.5. The van der Waals surface area contributed by atoms with Gasteiger partial charge in [-0.15, -0.1) is 11.3 Å². The van der Waals surface area contributed by atoms with Crippen molar-refractivity contribution in [1.82, 2.24) is 19.5 Å². The molecule has 1 fully saturated rings. The molecule has 1 atom stereocenters. The van der Waals surface area contributed by atoms with Gasteiger partial charge in [0, 0.05) is 11.6 Å². The van der Waals surface area contributed by atoms with Gasteiger partial charge in [0.25, 0.3) is 5.89 Å². The minimum atomic E-state index is -1.07. The molecule has 0 amide bonds. The van der Waals surface area contributed by atoms with Crippen LogP contribution < -0.4 is 0 Å². The topological polar surface area (TPSA) is 76.5 Å². The Labute approximate surface area is 142 Å². The first-order valence-electron chi connectivity index (χ1n) is 7.56. The Hall–Kier alpha value is -1.44. The lowest BCUT2D eigenvalue weighted by molar-refractivity contribution is -0.0665. The number of hydrogen-bond acceptors (Lipinski definition) is 6. The number of thiazole rings is 1. The number of halogens is 1. The van der Waals surface area contributed by atoms with Crippen LogP contribution in [0.15, 0.2) is 16.1 Å². The normalized spacial score (nSPS) is 24.3. The lowest BCUT2D eigenvalue weighted by atomic mass is 9.70. The van der Waals surface area contributed by atoms with Gasteiger partial charge in [0.2, 0.25) is 5.82 Å². The van der Waals surface area contributed by atoms with E-state index in [2.05, 4.69) is 29.0 Å². The van der Waals surface area contributed by atoms with E-state index in [1.165, 1.54) is 11.3 Å². The van der Waals surface area contributed by atoms with E-state index >= 15 is 0 Å². The Kier molecular flexibility index (Phi) is 3.30. The van der Waals surface area contributed by atoms with Crippen LogP contribution in [0.5, 0.6) is 0 Å². The fourth-order valence-corrected chi connectivity index (χ4v) is 4.50. The number of imidazole rings is 1. The molecule has 23 heavy (non-hydrogen) atoms. The zero-order chi connectivity index (χ0) is 16.2. The lowest BCUT2D eigenvalue weighted by Gasteiger charge is -2.39. The minimum Gasteiger partial charge on any atom is -0.380 e. The highest BCUT2D eigenvalue weighted by Crippen LogP contribution is 2.46. The van der Waals surface area contributed by atoms with Crippen molar-refractivity contribution in [3.8, 4) is 11.5 Å². The van der Waals surface area contributed by atoms with Crippen LogP contribution in [-0.4, -0.2) is 24.6 Å². The molecule has 1 saturated carbocycles. The molecule has 3 heterocycles. The predicted molar refractivity (Wildman–Crippen MR) is 87.5 cm³/mol. The van der Waals surface area contributed by atoms with Crippen molar-refractivity contribution in [3.63, 3.8) is 0 Å². The molecule has 0 radical (unpaired) electrons. The van der Waals surface area contributed by atoms with Crippen LogP contribution in [0.3, 0.4) is 0 Å². The molecule has 1 aliphatic rings. The number of aromatic nitrogens is 4. The van der Waals surface area contributed by atoms with E-state index in [1.807, 2.05) is 16.0 Å². The number of rotatable bonds is 2. The largest absolute Gasteiger partial charge is 0.380 e. The maximum absolute atomic E-state index is 11.0. The molecule has 1 aliphatic carbocycles. The van der Waals surface area contributed by atoms with Gasteiger partial charge in [0.15, 0.2) is 10.1 Å². The summed E-state index contributed by atoms with van der Waals surface area (Å²) in [6, 6.07) is 0. The second-order valence-electron chi connectivity index (χ2n) is 6.96. The monoisotopic (exact) mass is 352 g/mol. The highest BCUT2D eigenvalue weighted by Gasteiger charge is 2.44. The Morgan fingerprint density at radius 3 is 2.96 bits per heavy atom. The summed E-state index contributed by atoms with van der Waals surface area (Å²) in [5.41, 5.74) is -0.425. The van der Waals surface area contributed by atoms with Gasteiger partial charge in [-0.2, -0.15) is 4.98 Å². The molecular weight excluding hydrogens is 336 g/mol. The molecule has 6 nitrogen and oxygen atoms in total. The maximum atomic E-state index is 11.0. The number of nitrogens with zero attached hydrogens (tertiary/aromatic N) is 4. The van der Waals surface area contributed by atoms with E-state index in [0.29, 0.717) is 29.5 Å². The zero-order valence-corrected chi connectivity index (χ0v) is 14.5. The molecule has 0 spiro atoms. The van der Waals surface area contributed by atoms with Crippen LogP contribution >= 0.6 is 22.9 Å². The Bertz CT molecular complexity index is 868. The van der Waals surface area contributed by atoms with Gasteiger partial charge < -0.3 is 9.63 Å². The first kappa shape index (κ1) is 15.1. The van der Waals surface area contributed by atoms with Gasteiger partial charge >= 0.3 is 0 Å². The van der Waals surface area contributed by atoms with Gasteiger partial charge in [-0.1, -0.05) is 30.6 Å². The van der Waals surface area contributed by atoms with Crippen molar-refractivity contribution in [2.45, 2.75) is 45.1 Å². The molecule has 8 heteroatoms. The predicted octanol–water partition coefficient (Wildman–Crippen LogP) is 3.89. The van der Waals surface area contributed by atoms with Crippen LogP contribution in [0.1, 0.15) is 45.4 Å². The summed E-state index contributed by atoms with van der Waals surface area (Å²) in [4.78, 5) is 9.48. The van der Waals surface area contributed by atoms with E-state index in [1.54, 1.807) is 0 Å². The summed E-state index contributed by atoms with van der Waals surface area (Å²) in [7, 11) is 0.